The van der Waals surface area contributed by atoms with Crippen molar-refractivity contribution in [1.29, 1.82) is 0 Å². The SMILES string of the molecule is CNCc1ccccc1NC1CCCC1. The lowest BCUT2D eigenvalue weighted by atomic mass is 10.1. The normalized spacial score (nSPS) is 16.9. The van der Waals surface area contributed by atoms with Gasteiger partial charge in [-0.2, -0.15) is 0 Å². The van der Waals surface area contributed by atoms with E-state index in [2.05, 4.69) is 34.9 Å². The third-order valence-corrected chi connectivity index (χ3v) is 3.10. The predicted molar refractivity (Wildman–Crippen MR) is 65.1 cm³/mol. The Morgan fingerprint density at radius 2 is 1.93 bits per heavy atom. The van der Waals surface area contributed by atoms with Crippen LogP contribution in [0.3, 0.4) is 0 Å². The van der Waals surface area contributed by atoms with E-state index in [-0.39, 0.29) is 0 Å². The van der Waals surface area contributed by atoms with Gasteiger partial charge in [0.05, 0.1) is 0 Å². The van der Waals surface area contributed by atoms with E-state index in [9.17, 15) is 0 Å². The lowest BCUT2D eigenvalue weighted by Crippen LogP contribution is -2.17. The Kier molecular flexibility index (Phi) is 3.62. The van der Waals surface area contributed by atoms with Gasteiger partial charge in [0.25, 0.3) is 0 Å². The zero-order valence-corrected chi connectivity index (χ0v) is 9.42. The molecule has 15 heavy (non-hydrogen) atoms. The Morgan fingerprint density at radius 3 is 2.67 bits per heavy atom. The van der Waals surface area contributed by atoms with Gasteiger partial charge in [-0.15, -0.1) is 0 Å². The van der Waals surface area contributed by atoms with Gasteiger partial charge in [0, 0.05) is 18.3 Å². The molecule has 0 spiro atoms. The Labute approximate surface area is 92.1 Å². The van der Waals surface area contributed by atoms with Crippen LogP contribution in [-0.2, 0) is 6.54 Å². The Bertz CT molecular complexity index is 303. The first-order chi connectivity index (χ1) is 7.40. The minimum Gasteiger partial charge on any atom is -0.382 e. The zero-order chi connectivity index (χ0) is 10.5. The fourth-order valence-electron chi connectivity index (χ4n) is 2.30. The van der Waals surface area contributed by atoms with Crippen LogP contribution in [0.15, 0.2) is 24.3 Å². The molecule has 0 bridgehead atoms. The number of hydrogen-bond donors (Lipinski definition) is 2. The molecule has 0 heterocycles. The van der Waals surface area contributed by atoms with E-state index in [1.54, 1.807) is 0 Å². The van der Waals surface area contributed by atoms with Gasteiger partial charge < -0.3 is 10.6 Å². The molecular weight excluding hydrogens is 184 g/mol. The molecule has 2 N–H and O–H groups in total. The van der Waals surface area contributed by atoms with Crippen molar-refractivity contribution < 1.29 is 0 Å². The molecule has 1 aromatic carbocycles. The quantitative estimate of drug-likeness (QED) is 0.788. The number of hydrogen-bond acceptors (Lipinski definition) is 2. The van der Waals surface area contributed by atoms with Crippen LogP contribution in [0.25, 0.3) is 0 Å². The van der Waals surface area contributed by atoms with E-state index < -0.39 is 0 Å². The van der Waals surface area contributed by atoms with E-state index in [1.807, 2.05) is 7.05 Å². The van der Waals surface area contributed by atoms with Crippen LogP contribution >= 0.6 is 0 Å². The zero-order valence-electron chi connectivity index (χ0n) is 9.42. The number of nitrogens with one attached hydrogen (secondary N) is 2. The second-order valence-corrected chi connectivity index (χ2v) is 4.31. The molecule has 2 nitrogen and oxygen atoms in total. The van der Waals surface area contributed by atoms with Crippen LogP contribution in [0.4, 0.5) is 5.69 Å². The van der Waals surface area contributed by atoms with Gasteiger partial charge in [-0.25, -0.2) is 0 Å². The minimum atomic E-state index is 0.697. The summed E-state index contributed by atoms with van der Waals surface area (Å²) in [7, 11) is 1.99. The number of para-hydroxylation sites is 1. The summed E-state index contributed by atoms with van der Waals surface area (Å²) < 4.78 is 0. The predicted octanol–water partition coefficient (Wildman–Crippen LogP) is 2.76. The van der Waals surface area contributed by atoms with Gasteiger partial charge in [-0.1, -0.05) is 31.0 Å². The Morgan fingerprint density at radius 1 is 1.20 bits per heavy atom. The second-order valence-electron chi connectivity index (χ2n) is 4.31. The molecule has 2 rings (SSSR count). The maximum absolute atomic E-state index is 3.65. The average molecular weight is 204 g/mol. The van der Waals surface area contributed by atoms with Crippen molar-refractivity contribution in [1.82, 2.24) is 5.32 Å². The Hall–Kier alpha value is -1.02. The molecule has 0 radical (unpaired) electrons. The summed E-state index contributed by atoms with van der Waals surface area (Å²) in [5.74, 6) is 0. The van der Waals surface area contributed by atoms with Crippen LogP contribution in [-0.4, -0.2) is 13.1 Å². The van der Waals surface area contributed by atoms with Gasteiger partial charge in [0.15, 0.2) is 0 Å². The molecule has 1 aromatic rings. The molecular formula is C13H20N2. The van der Waals surface area contributed by atoms with Crippen molar-refractivity contribution in [3.8, 4) is 0 Å². The van der Waals surface area contributed by atoms with Crippen LogP contribution in [0.1, 0.15) is 31.2 Å². The second kappa shape index (κ2) is 5.17. The minimum absolute atomic E-state index is 0.697. The van der Waals surface area contributed by atoms with E-state index in [1.165, 1.54) is 36.9 Å². The van der Waals surface area contributed by atoms with Crippen molar-refractivity contribution in [2.45, 2.75) is 38.3 Å². The van der Waals surface area contributed by atoms with E-state index >= 15 is 0 Å². The third-order valence-electron chi connectivity index (χ3n) is 3.10. The van der Waals surface area contributed by atoms with E-state index in [4.69, 9.17) is 0 Å². The monoisotopic (exact) mass is 204 g/mol. The summed E-state index contributed by atoms with van der Waals surface area (Å²) in [6.07, 6.45) is 5.42. The van der Waals surface area contributed by atoms with E-state index in [0.717, 1.165) is 6.54 Å². The molecule has 1 aliphatic rings. The van der Waals surface area contributed by atoms with Crippen LogP contribution in [0.5, 0.6) is 0 Å². The molecule has 2 heteroatoms. The third kappa shape index (κ3) is 2.72. The summed E-state index contributed by atoms with van der Waals surface area (Å²) in [6.45, 7) is 0.940. The van der Waals surface area contributed by atoms with Crippen molar-refractivity contribution in [3.63, 3.8) is 0 Å². The Balaban J connectivity index is 2.05. The fraction of sp³-hybridized carbons (Fsp3) is 0.538. The summed E-state index contributed by atoms with van der Waals surface area (Å²) in [5, 5.41) is 6.86. The van der Waals surface area contributed by atoms with Gasteiger partial charge in [-0.3, -0.25) is 0 Å². The lowest BCUT2D eigenvalue weighted by molar-refractivity contribution is 0.748. The van der Waals surface area contributed by atoms with Crippen LogP contribution in [0, 0.1) is 0 Å². The molecule has 1 fully saturated rings. The van der Waals surface area contributed by atoms with Crippen molar-refractivity contribution in [3.05, 3.63) is 29.8 Å². The summed E-state index contributed by atoms with van der Waals surface area (Å²) in [5.41, 5.74) is 2.67. The number of anilines is 1. The van der Waals surface area contributed by atoms with E-state index in [0.29, 0.717) is 6.04 Å². The van der Waals surface area contributed by atoms with Crippen molar-refractivity contribution in [2.24, 2.45) is 0 Å². The molecule has 0 saturated heterocycles. The average Bonchev–Trinajstić information content (AvgIpc) is 2.74. The molecule has 0 amide bonds. The largest absolute Gasteiger partial charge is 0.382 e. The van der Waals surface area contributed by atoms with Crippen LogP contribution in [0.2, 0.25) is 0 Å². The smallest absolute Gasteiger partial charge is 0.0387 e. The fourth-order valence-corrected chi connectivity index (χ4v) is 2.30. The molecule has 0 aromatic heterocycles. The van der Waals surface area contributed by atoms with Crippen molar-refractivity contribution in [2.75, 3.05) is 12.4 Å². The molecule has 1 aliphatic carbocycles. The first-order valence-electron chi connectivity index (χ1n) is 5.89. The summed E-state index contributed by atoms with van der Waals surface area (Å²) in [4.78, 5) is 0. The van der Waals surface area contributed by atoms with Crippen LogP contribution < -0.4 is 10.6 Å². The van der Waals surface area contributed by atoms with Gasteiger partial charge in [0.2, 0.25) is 0 Å². The van der Waals surface area contributed by atoms with Gasteiger partial charge >= 0.3 is 0 Å². The standard InChI is InChI=1S/C13H20N2/c1-14-10-11-6-2-5-9-13(11)15-12-7-3-4-8-12/h2,5-6,9,12,14-15H,3-4,7-8,10H2,1H3. The molecule has 0 unspecified atom stereocenters. The molecule has 0 atom stereocenters. The first-order valence-corrected chi connectivity index (χ1v) is 5.89. The first kappa shape index (κ1) is 10.5. The maximum atomic E-state index is 3.65. The highest BCUT2D eigenvalue weighted by Crippen LogP contribution is 2.24. The molecule has 0 aliphatic heterocycles. The van der Waals surface area contributed by atoms with Gasteiger partial charge in [-0.05, 0) is 31.5 Å². The molecule has 82 valence electrons. The highest BCUT2D eigenvalue weighted by molar-refractivity contribution is 5.51. The lowest BCUT2D eigenvalue weighted by Gasteiger charge is -2.16. The number of benzene rings is 1. The number of rotatable bonds is 4. The summed E-state index contributed by atoms with van der Waals surface area (Å²) >= 11 is 0. The highest BCUT2D eigenvalue weighted by atomic mass is 14.9. The highest BCUT2D eigenvalue weighted by Gasteiger charge is 2.15. The molecule has 1 saturated carbocycles. The topological polar surface area (TPSA) is 24.1 Å². The maximum Gasteiger partial charge on any atom is 0.0387 e. The summed E-state index contributed by atoms with van der Waals surface area (Å²) in [6, 6.07) is 9.28. The van der Waals surface area contributed by atoms with Crippen molar-refractivity contribution >= 4 is 5.69 Å². The van der Waals surface area contributed by atoms with Gasteiger partial charge in [0.1, 0.15) is 0 Å².